The minimum Gasteiger partial charge on any atom is -0.481 e. The molecule has 32 heavy (non-hydrogen) atoms. The van der Waals surface area contributed by atoms with Crippen molar-refractivity contribution in [2.24, 2.45) is 5.92 Å². The van der Waals surface area contributed by atoms with Crippen molar-refractivity contribution in [2.75, 3.05) is 32.9 Å². The molecule has 2 aliphatic heterocycles. The molecular formula is C24H24N2O6. The first kappa shape index (κ1) is 20.5. The first-order valence-corrected chi connectivity index (χ1v) is 10.7. The van der Waals surface area contributed by atoms with Crippen molar-refractivity contribution >= 4 is 18.0 Å². The first-order chi connectivity index (χ1) is 15.5. The van der Waals surface area contributed by atoms with E-state index in [1.54, 1.807) is 0 Å². The Bertz CT molecular complexity index is 1030. The topological polar surface area (TPSA) is 105 Å². The summed E-state index contributed by atoms with van der Waals surface area (Å²) in [5, 5.41) is 11.8. The number of alkyl carbamates (subject to hydrolysis) is 1. The fourth-order valence-electron chi connectivity index (χ4n) is 4.82. The molecule has 0 radical (unpaired) electrons. The SMILES string of the molecule is O=C(NC1(C(=O)N2CC(C(=O)O)C2)CCOC1)OCC1c2ccccc2-c2ccccc21. The smallest absolute Gasteiger partial charge is 0.408 e. The van der Waals surface area contributed by atoms with Crippen molar-refractivity contribution in [3.63, 3.8) is 0 Å². The van der Waals surface area contributed by atoms with Crippen LogP contribution in [0.3, 0.4) is 0 Å². The van der Waals surface area contributed by atoms with E-state index in [4.69, 9.17) is 14.6 Å². The van der Waals surface area contributed by atoms with Gasteiger partial charge >= 0.3 is 12.1 Å². The van der Waals surface area contributed by atoms with Gasteiger partial charge in [0.05, 0.1) is 12.5 Å². The second-order valence-electron chi connectivity index (χ2n) is 8.58. The Morgan fingerprint density at radius 2 is 1.69 bits per heavy atom. The van der Waals surface area contributed by atoms with Gasteiger partial charge in [-0.1, -0.05) is 48.5 Å². The van der Waals surface area contributed by atoms with Gasteiger partial charge in [-0.2, -0.15) is 0 Å². The van der Waals surface area contributed by atoms with E-state index in [9.17, 15) is 14.4 Å². The van der Waals surface area contributed by atoms with Gasteiger partial charge in [-0.25, -0.2) is 4.79 Å². The minimum atomic E-state index is -1.22. The van der Waals surface area contributed by atoms with Crippen LogP contribution in [0.1, 0.15) is 23.5 Å². The van der Waals surface area contributed by atoms with Crippen molar-refractivity contribution in [3.8, 4) is 11.1 Å². The predicted octanol–water partition coefficient (Wildman–Crippen LogP) is 2.23. The van der Waals surface area contributed by atoms with E-state index < -0.39 is 23.5 Å². The number of benzene rings is 2. The number of carbonyl (C=O) groups excluding carboxylic acids is 2. The molecule has 2 aromatic carbocycles. The number of hydrogen-bond acceptors (Lipinski definition) is 5. The quantitative estimate of drug-likeness (QED) is 0.745. The Hall–Kier alpha value is -3.39. The lowest BCUT2D eigenvalue weighted by molar-refractivity contribution is -0.156. The molecule has 2 aromatic rings. The Balaban J connectivity index is 1.26. The standard InChI is InChI=1S/C24H24N2O6/c27-21(28)15-11-26(12-15)22(29)24(9-10-31-14-24)25-23(30)32-13-20-18-7-3-1-5-16(18)17-6-2-4-8-19(17)20/h1-8,15,20H,9-14H2,(H,25,30)(H,27,28). The van der Waals surface area contributed by atoms with Crippen LogP contribution in [-0.4, -0.2) is 66.4 Å². The summed E-state index contributed by atoms with van der Waals surface area (Å²) in [7, 11) is 0. The number of aliphatic carboxylic acids is 1. The van der Waals surface area contributed by atoms with E-state index in [0.29, 0.717) is 13.0 Å². The highest BCUT2D eigenvalue weighted by molar-refractivity contribution is 5.92. The van der Waals surface area contributed by atoms with Crippen LogP contribution in [0.2, 0.25) is 0 Å². The molecule has 1 unspecified atom stereocenters. The van der Waals surface area contributed by atoms with Crippen LogP contribution in [0, 0.1) is 5.92 Å². The summed E-state index contributed by atoms with van der Waals surface area (Å²) in [6.07, 6.45) is -0.356. The van der Waals surface area contributed by atoms with Crippen LogP contribution in [0.25, 0.3) is 11.1 Å². The van der Waals surface area contributed by atoms with Crippen LogP contribution in [0.15, 0.2) is 48.5 Å². The average molecular weight is 436 g/mol. The molecule has 8 nitrogen and oxygen atoms in total. The van der Waals surface area contributed by atoms with E-state index in [1.165, 1.54) is 4.90 Å². The number of nitrogens with one attached hydrogen (secondary N) is 1. The highest BCUT2D eigenvalue weighted by Crippen LogP contribution is 2.44. The van der Waals surface area contributed by atoms with Gasteiger partial charge in [0.1, 0.15) is 12.1 Å². The molecule has 2 heterocycles. The van der Waals surface area contributed by atoms with Gasteiger partial charge in [0.15, 0.2) is 0 Å². The number of carbonyl (C=O) groups is 3. The molecule has 2 amide bonds. The lowest BCUT2D eigenvalue weighted by Gasteiger charge is -2.41. The number of ether oxygens (including phenoxy) is 2. The van der Waals surface area contributed by atoms with Gasteiger partial charge < -0.3 is 24.8 Å². The highest BCUT2D eigenvalue weighted by Gasteiger charge is 2.50. The maximum atomic E-state index is 13.0. The van der Waals surface area contributed by atoms with Crippen molar-refractivity contribution in [3.05, 3.63) is 59.7 Å². The van der Waals surface area contributed by atoms with Crippen molar-refractivity contribution in [2.45, 2.75) is 17.9 Å². The number of nitrogens with zero attached hydrogens (tertiary/aromatic N) is 1. The van der Waals surface area contributed by atoms with E-state index in [2.05, 4.69) is 17.4 Å². The largest absolute Gasteiger partial charge is 0.481 e. The summed E-state index contributed by atoms with van der Waals surface area (Å²) >= 11 is 0. The molecule has 3 aliphatic rings. The lowest BCUT2D eigenvalue weighted by atomic mass is 9.92. The fraction of sp³-hybridized carbons (Fsp3) is 0.375. The van der Waals surface area contributed by atoms with Crippen LogP contribution >= 0.6 is 0 Å². The maximum Gasteiger partial charge on any atom is 0.408 e. The van der Waals surface area contributed by atoms with E-state index in [-0.39, 0.29) is 38.1 Å². The molecule has 2 saturated heterocycles. The normalized spacial score (nSPS) is 22.1. The van der Waals surface area contributed by atoms with E-state index in [1.807, 2.05) is 36.4 Å². The number of likely N-dealkylation sites (tertiary alicyclic amines) is 1. The van der Waals surface area contributed by atoms with Crippen LogP contribution < -0.4 is 5.32 Å². The number of carboxylic acids is 1. The van der Waals surface area contributed by atoms with Gasteiger partial charge in [0, 0.05) is 32.0 Å². The number of carboxylic acid groups (broad SMARTS) is 1. The molecule has 2 fully saturated rings. The summed E-state index contributed by atoms with van der Waals surface area (Å²) in [4.78, 5) is 38.3. The second-order valence-corrected chi connectivity index (χ2v) is 8.58. The zero-order chi connectivity index (χ0) is 22.3. The summed E-state index contributed by atoms with van der Waals surface area (Å²) < 4.78 is 11.0. The summed E-state index contributed by atoms with van der Waals surface area (Å²) in [6, 6.07) is 16.1. The van der Waals surface area contributed by atoms with E-state index in [0.717, 1.165) is 22.3 Å². The Morgan fingerprint density at radius 3 is 2.25 bits per heavy atom. The van der Waals surface area contributed by atoms with Crippen molar-refractivity contribution in [1.82, 2.24) is 10.2 Å². The zero-order valence-electron chi connectivity index (χ0n) is 17.5. The molecule has 0 bridgehead atoms. The fourth-order valence-corrected chi connectivity index (χ4v) is 4.82. The minimum absolute atomic E-state index is 0.0459. The Morgan fingerprint density at radius 1 is 1.06 bits per heavy atom. The number of hydrogen-bond donors (Lipinski definition) is 2. The number of amides is 2. The molecule has 166 valence electrons. The third-order valence-corrected chi connectivity index (χ3v) is 6.63. The van der Waals surface area contributed by atoms with E-state index >= 15 is 0 Å². The molecular weight excluding hydrogens is 412 g/mol. The van der Waals surface area contributed by atoms with Crippen molar-refractivity contribution < 1.29 is 29.0 Å². The molecule has 8 heteroatoms. The summed E-state index contributed by atoms with van der Waals surface area (Å²) in [5.74, 6) is -1.88. The van der Waals surface area contributed by atoms with Gasteiger partial charge in [-0.3, -0.25) is 9.59 Å². The molecule has 0 aromatic heterocycles. The molecule has 1 aliphatic carbocycles. The molecule has 1 atom stereocenters. The van der Waals surface area contributed by atoms with Crippen molar-refractivity contribution in [1.29, 1.82) is 0 Å². The number of fused-ring (bicyclic) bond motifs is 3. The lowest BCUT2D eigenvalue weighted by Crippen LogP contribution is -2.65. The zero-order valence-corrected chi connectivity index (χ0v) is 17.5. The van der Waals surface area contributed by atoms with Gasteiger partial charge in [0.2, 0.25) is 0 Å². The Kier molecular flexibility index (Phi) is 5.09. The Labute approximate surface area is 185 Å². The number of rotatable bonds is 5. The van der Waals surface area contributed by atoms with Gasteiger partial charge in [0.25, 0.3) is 5.91 Å². The first-order valence-electron chi connectivity index (χ1n) is 10.7. The summed E-state index contributed by atoms with van der Waals surface area (Å²) in [5.41, 5.74) is 3.28. The van der Waals surface area contributed by atoms with Crippen LogP contribution in [-0.2, 0) is 19.1 Å². The monoisotopic (exact) mass is 436 g/mol. The molecule has 5 rings (SSSR count). The van der Waals surface area contributed by atoms with Gasteiger partial charge in [-0.05, 0) is 22.3 Å². The highest BCUT2D eigenvalue weighted by atomic mass is 16.6. The van der Waals surface area contributed by atoms with Gasteiger partial charge in [-0.15, -0.1) is 0 Å². The summed E-state index contributed by atoms with van der Waals surface area (Å²) in [6.45, 7) is 0.816. The van der Waals surface area contributed by atoms with Crippen LogP contribution in [0.5, 0.6) is 0 Å². The predicted molar refractivity (Wildman–Crippen MR) is 114 cm³/mol. The molecule has 0 saturated carbocycles. The third-order valence-electron chi connectivity index (χ3n) is 6.63. The third kappa shape index (κ3) is 3.40. The molecule has 2 N–H and O–H groups in total. The maximum absolute atomic E-state index is 13.0. The van der Waals surface area contributed by atoms with Crippen LogP contribution in [0.4, 0.5) is 4.79 Å². The molecule has 0 spiro atoms. The average Bonchev–Trinajstić information content (AvgIpc) is 3.34. The second kappa shape index (κ2) is 7.94.